The average Bonchev–Trinajstić information content (AvgIpc) is 3.20. The second-order valence-electron chi connectivity index (χ2n) is 10.6. The molecule has 0 spiro atoms. The first kappa shape index (κ1) is 26.0. The molecule has 0 saturated carbocycles. The van der Waals surface area contributed by atoms with Gasteiger partial charge < -0.3 is 9.84 Å². The molecule has 3 aliphatic carbocycles. The standard InChI is InChI=1S/C32H26ClNO6/c1-16-13-26(36)28-21(9-3-17-4-12-25(35)27(14-17)40-2)20-10-11-22-29(23(20)15-24(28)30(16)37)32(39)34(31(22)38)19-7-5-18(33)6-8-19/h3-10,12-14,21-23,29,35H,11,15H2,1-2H3/t21-,22-,23+,29-/m0/s1. The van der Waals surface area contributed by atoms with Crippen molar-refractivity contribution in [1.29, 1.82) is 0 Å². The van der Waals surface area contributed by atoms with Crippen molar-refractivity contribution in [1.82, 2.24) is 0 Å². The third-order valence-corrected chi connectivity index (χ3v) is 8.63. The molecular formula is C32H26ClNO6. The zero-order valence-electron chi connectivity index (χ0n) is 21.9. The predicted octanol–water partition coefficient (Wildman–Crippen LogP) is 5.23. The number of allylic oxidation sites excluding steroid dienone is 7. The van der Waals surface area contributed by atoms with Gasteiger partial charge in [-0.25, -0.2) is 0 Å². The number of carbonyl (C=O) groups is 4. The summed E-state index contributed by atoms with van der Waals surface area (Å²) in [5.74, 6) is -2.81. The number of hydrogen-bond donors (Lipinski definition) is 1. The molecule has 1 N–H and O–H groups in total. The number of imide groups is 1. The number of ketones is 2. The number of rotatable bonds is 4. The summed E-state index contributed by atoms with van der Waals surface area (Å²) in [6.07, 6.45) is 7.62. The van der Waals surface area contributed by atoms with Gasteiger partial charge in [0, 0.05) is 27.7 Å². The van der Waals surface area contributed by atoms with Crippen LogP contribution in [-0.2, 0) is 19.2 Å². The highest BCUT2D eigenvalue weighted by Crippen LogP contribution is 2.53. The number of methoxy groups -OCH3 is 1. The van der Waals surface area contributed by atoms with Crippen molar-refractivity contribution in [2.75, 3.05) is 12.0 Å². The van der Waals surface area contributed by atoms with Crippen LogP contribution in [0.1, 0.15) is 25.3 Å². The lowest BCUT2D eigenvalue weighted by atomic mass is 9.60. The lowest BCUT2D eigenvalue weighted by Gasteiger charge is -2.41. The number of anilines is 1. The minimum Gasteiger partial charge on any atom is -0.504 e. The van der Waals surface area contributed by atoms with E-state index in [0.717, 1.165) is 11.1 Å². The third-order valence-electron chi connectivity index (χ3n) is 8.38. The van der Waals surface area contributed by atoms with Crippen LogP contribution in [0.15, 0.2) is 83.0 Å². The smallest absolute Gasteiger partial charge is 0.238 e. The maximum Gasteiger partial charge on any atom is 0.238 e. The van der Waals surface area contributed by atoms with E-state index in [9.17, 15) is 24.3 Å². The molecular weight excluding hydrogens is 530 g/mol. The van der Waals surface area contributed by atoms with Crippen molar-refractivity contribution < 1.29 is 29.0 Å². The van der Waals surface area contributed by atoms with E-state index in [0.29, 0.717) is 39.6 Å². The molecule has 6 rings (SSSR count). The fourth-order valence-corrected chi connectivity index (χ4v) is 6.64. The second-order valence-corrected chi connectivity index (χ2v) is 11.0. The molecule has 2 aromatic rings. The molecule has 0 bridgehead atoms. The van der Waals surface area contributed by atoms with Gasteiger partial charge in [0.2, 0.25) is 11.8 Å². The number of amides is 2. The Morgan fingerprint density at radius 3 is 2.50 bits per heavy atom. The molecule has 1 fully saturated rings. The van der Waals surface area contributed by atoms with Gasteiger partial charge in [0.25, 0.3) is 0 Å². The van der Waals surface area contributed by atoms with Crippen molar-refractivity contribution >= 4 is 46.7 Å². The fraction of sp³-hybridized carbons (Fsp3) is 0.250. The van der Waals surface area contributed by atoms with Crippen molar-refractivity contribution in [3.63, 3.8) is 0 Å². The van der Waals surface area contributed by atoms with Gasteiger partial charge in [-0.1, -0.05) is 41.5 Å². The molecule has 8 heteroatoms. The number of aromatic hydroxyl groups is 1. The molecule has 40 heavy (non-hydrogen) atoms. The molecule has 1 aliphatic heterocycles. The molecule has 202 valence electrons. The van der Waals surface area contributed by atoms with Crippen LogP contribution in [0.25, 0.3) is 6.08 Å². The van der Waals surface area contributed by atoms with E-state index in [1.807, 2.05) is 18.2 Å². The zero-order chi connectivity index (χ0) is 28.3. The SMILES string of the molecule is COc1cc(C=C[C@H]2C3=CC[C@@H]4C(=O)N(c5ccc(Cl)cc5)C(=O)[C@@H]4[C@@H]3CC3=C2C(=O)C=C(C)C3=O)ccc1O. The highest BCUT2D eigenvalue weighted by atomic mass is 35.5. The molecule has 0 unspecified atom stereocenters. The lowest BCUT2D eigenvalue weighted by Crippen LogP contribution is -2.40. The minimum atomic E-state index is -0.643. The first-order chi connectivity index (χ1) is 19.2. The number of Topliss-reactive ketones (excluding diaryl/α,β-unsaturated/α-hetero) is 1. The van der Waals surface area contributed by atoms with E-state index in [4.69, 9.17) is 16.3 Å². The fourth-order valence-electron chi connectivity index (χ4n) is 6.51. The van der Waals surface area contributed by atoms with Gasteiger partial charge in [-0.3, -0.25) is 24.1 Å². The number of carbonyl (C=O) groups excluding carboxylic acids is 4. The molecule has 4 atom stereocenters. The lowest BCUT2D eigenvalue weighted by molar-refractivity contribution is -0.123. The van der Waals surface area contributed by atoms with Gasteiger partial charge in [-0.05, 0) is 73.7 Å². The van der Waals surface area contributed by atoms with E-state index in [2.05, 4.69) is 0 Å². The van der Waals surface area contributed by atoms with Crippen LogP contribution in [0.3, 0.4) is 0 Å². The van der Waals surface area contributed by atoms with Gasteiger partial charge in [0.05, 0.1) is 24.6 Å². The third kappa shape index (κ3) is 4.04. The molecule has 0 aromatic heterocycles. The quantitative estimate of drug-likeness (QED) is 0.315. The molecule has 2 amide bonds. The van der Waals surface area contributed by atoms with Crippen LogP contribution < -0.4 is 9.64 Å². The summed E-state index contributed by atoms with van der Waals surface area (Å²) >= 11 is 6.03. The van der Waals surface area contributed by atoms with E-state index < -0.39 is 23.7 Å². The number of phenols is 1. The summed E-state index contributed by atoms with van der Waals surface area (Å²) in [4.78, 5) is 55.2. The first-order valence-corrected chi connectivity index (χ1v) is 13.5. The Morgan fingerprint density at radius 2 is 1.77 bits per heavy atom. The number of hydrogen-bond acceptors (Lipinski definition) is 6. The van der Waals surface area contributed by atoms with Crippen LogP contribution in [-0.4, -0.2) is 35.6 Å². The molecule has 1 heterocycles. The number of nitrogens with zero attached hydrogens (tertiary/aromatic N) is 1. The molecule has 7 nitrogen and oxygen atoms in total. The van der Waals surface area contributed by atoms with Crippen LogP contribution in [0.4, 0.5) is 5.69 Å². The number of halogens is 1. The van der Waals surface area contributed by atoms with E-state index in [-0.39, 0.29) is 35.6 Å². The van der Waals surface area contributed by atoms with Gasteiger partial charge in [-0.2, -0.15) is 0 Å². The van der Waals surface area contributed by atoms with Crippen LogP contribution in [0.2, 0.25) is 5.02 Å². The van der Waals surface area contributed by atoms with E-state index in [1.54, 1.807) is 43.3 Å². The van der Waals surface area contributed by atoms with Gasteiger partial charge in [0.1, 0.15) is 0 Å². The van der Waals surface area contributed by atoms with Gasteiger partial charge in [-0.15, -0.1) is 0 Å². The van der Waals surface area contributed by atoms with Crippen molar-refractivity contribution in [2.45, 2.75) is 19.8 Å². The summed E-state index contributed by atoms with van der Waals surface area (Å²) in [6.45, 7) is 1.62. The number of fused-ring (bicyclic) bond motifs is 3. The normalized spacial score (nSPS) is 26.0. The Morgan fingerprint density at radius 1 is 1.02 bits per heavy atom. The summed E-state index contributed by atoms with van der Waals surface area (Å²) in [6, 6.07) is 11.5. The summed E-state index contributed by atoms with van der Waals surface area (Å²) < 4.78 is 5.22. The number of phenolic OH excluding ortho intramolecular Hbond substituents is 1. The Labute approximate surface area is 236 Å². The van der Waals surface area contributed by atoms with Crippen molar-refractivity contribution in [3.05, 3.63) is 93.6 Å². The van der Waals surface area contributed by atoms with Gasteiger partial charge >= 0.3 is 0 Å². The Bertz CT molecular complexity index is 1610. The van der Waals surface area contributed by atoms with Crippen LogP contribution in [0.5, 0.6) is 11.5 Å². The molecule has 0 radical (unpaired) electrons. The highest BCUT2D eigenvalue weighted by Gasteiger charge is 2.56. The van der Waals surface area contributed by atoms with Crippen LogP contribution >= 0.6 is 11.6 Å². The van der Waals surface area contributed by atoms with Gasteiger partial charge in [0.15, 0.2) is 23.1 Å². The predicted molar refractivity (Wildman–Crippen MR) is 150 cm³/mol. The average molecular weight is 556 g/mol. The van der Waals surface area contributed by atoms with Crippen molar-refractivity contribution in [3.8, 4) is 11.5 Å². The largest absolute Gasteiger partial charge is 0.504 e. The molecule has 1 saturated heterocycles. The zero-order valence-corrected chi connectivity index (χ0v) is 22.6. The first-order valence-electron chi connectivity index (χ1n) is 13.1. The maximum atomic E-state index is 13.9. The summed E-state index contributed by atoms with van der Waals surface area (Å²) in [5, 5.41) is 10.5. The Kier molecular flexibility index (Phi) is 6.34. The monoisotopic (exact) mass is 555 g/mol. The minimum absolute atomic E-state index is 0.00623. The van der Waals surface area contributed by atoms with E-state index in [1.165, 1.54) is 24.2 Å². The second kappa shape index (κ2) is 9.75. The topological polar surface area (TPSA) is 101 Å². The van der Waals surface area contributed by atoms with E-state index >= 15 is 0 Å². The Balaban J connectivity index is 1.42. The number of ether oxygens (including phenoxy) is 1. The molecule has 2 aromatic carbocycles. The molecule has 4 aliphatic rings. The van der Waals surface area contributed by atoms with Crippen molar-refractivity contribution in [2.24, 2.45) is 23.7 Å². The highest BCUT2D eigenvalue weighted by molar-refractivity contribution is 6.31. The Hall–Kier alpha value is -4.23. The summed E-state index contributed by atoms with van der Waals surface area (Å²) in [7, 11) is 1.46. The summed E-state index contributed by atoms with van der Waals surface area (Å²) in [5.41, 5.74) is 3.27. The van der Waals surface area contributed by atoms with Crippen LogP contribution in [0, 0.1) is 23.7 Å². The number of benzene rings is 2. The maximum absolute atomic E-state index is 13.9.